The van der Waals surface area contributed by atoms with Gasteiger partial charge in [0.15, 0.2) is 5.78 Å². The molecule has 0 amide bonds. The van der Waals surface area contributed by atoms with Crippen LogP contribution in [-0.2, 0) is 22.5 Å². The number of carbonyl (C=O) groups excluding carboxylic acids is 1. The normalized spacial score (nSPS) is 14.2. The molecule has 0 aliphatic carbocycles. The molecule has 4 rings (SSSR count). The zero-order valence-electron chi connectivity index (χ0n) is 16.7. The highest BCUT2D eigenvalue weighted by Gasteiger charge is 2.20. The number of hydrogen-bond donors (Lipinski definition) is 0. The molecule has 0 radical (unpaired) electrons. The Morgan fingerprint density at radius 1 is 1.10 bits per heavy atom. The number of aryl methyl sites for hydroxylation is 1. The number of carbonyl (C=O) groups is 1. The first-order valence-corrected chi connectivity index (χ1v) is 9.71. The predicted molar refractivity (Wildman–Crippen MR) is 109 cm³/mol. The van der Waals surface area contributed by atoms with Crippen LogP contribution in [0.25, 0.3) is 11.3 Å². The molecule has 4 heterocycles. The first kappa shape index (κ1) is 19.2. The lowest BCUT2D eigenvalue weighted by Gasteiger charge is -2.27. The van der Waals surface area contributed by atoms with E-state index in [9.17, 15) is 4.79 Å². The van der Waals surface area contributed by atoms with E-state index in [1.165, 1.54) is 0 Å². The minimum absolute atomic E-state index is 0.0990. The zero-order valence-corrected chi connectivity index (χ0v) is 16.7. The third-order valence-corrected chi connectivity index (χ3v) is 5.09. The first-order valence-electron chi connectivity index (χ1n) is 9.71. The smallest absolute Gasteiger partial charge is 0.158 e. The highest BCUT2D eigenvalue weighted by Crippen LogP contribution is 2.22. The number of ketones is 1. The Balaban J connectivity index is 1.43. The standard InChI is InChI=1S/C21H24N6O2/c1-15-21(26-7-9-29-10-8-26)25-16(2)27(15)14-19(28)11-18-4-3-17(12-24-18)20-13-22-5-6-23-20/h3-6,12-13H,7-11,14H2,1-2H3. The molecular formula is C21H24N6O2. The van der Waals surface area contributed by atoms with Gasteiger partial charge in [-0.1, -0.05) is 0 Å². The van der Waals surface area contributed by atoms with E-state index in [1.54, 1.807) is 24.8 Å². The van der Waals surface area contributed by atoms with Crippen LogP contribution < -0.4 is 4.90 Å². The maximum atomic E-state index is 12.7. The number of morpholine rings is 1. The monoisotopic (exact) mass is 392 g/mol. The average molecular weight is 392 g/mol. The number of nitrogens with zero attached hydrogens (tertiary/aromatic N) is 6. The van der Waals surface area contributed by atoms with Crippen molar-refractivity contribution >= 4 is 11.6 Å². The summed E-state index contributed by atoms with van der Waals surface area (Å²) in [7, 11) is 0. The summed E-state index contributed by atoms with van der Waals surface area (Å²) in [5.41, 5.74) is 3.40. The molecule has 1 saturated heterocycles. The molecule has 8 heteroatoms. The second kappa shape index (κ2) is 8.48. The molecule has 29 heavy (non-hydrogen) atoms. The third kappa shape index (κ3) is 4.32. The van der Waals surface area contributed by atoms with Crippen LogP contribution in [0.3, 0.4) is 0 Å². The maximum absolute atomic E-state index is 12.7. The van der Waals surface area contributed by atoms with Crippen LogP contribution >= 0.6 is 0 Å². The number of ether oxygens (including phenoxy) is 1. The Hall–Kier alpha value is -3.13. The summed E-state index contributed by atoms with van der Waals surface area (Å²) in [4.78, 5) is 32.4. The molecule has 0 spiro atoms. The van der Waals surface area contributed by atoms with Crippen molar-refractivity contribution in [2.24, 2.45) is 0 Å². The molecule has 0 atom stereocenters. The Kier molecular flexibility index (Phi) is 5.62. The van der Waals surface area contributed by atoms with Gasteiger partial charge in [0.25, 0.3) is 0 Å². The summed E-state index contributed by atoms with van der Waals surface area (Å²) in [6.07, 6.45) is 6.99. The largest absolute Gasteiger partial charge is 0.378 e. The molecule has 1 aliphatic rings. The van der Waals surface area contributed by atoms with Crippen molar-refractivity contribution in [1.29, 1.82) is 0 Å². The van der Waals surface area contributed by atoms with Crippen molar-refractivity contribution < 1.29 is 9.53 Å². The number of anilines is 1. The quantitative estimate of drug-likeness (QED) is 0.634. The summed E-state index contributed by atoms with van der Waals surface area (Å²) in [6.45, 7) is 7.33. The lowest BCUT2D eigenvalue weighted by Crippen LogP contribution is -2.36. The number of rotatable bonds is 6. The van der Waals surface area contributed by atoms with E-state index in [0.717, 1.165) is 47.4 Å². The Labute approximate surface area is 169 Å². The van der Waals surface area contributed by atoms with Gasteiger partial charge in [0.2, 0.25) is 0 Å². The minimum Gasteiger partial charge on any atom is -0.378 e. The molecule has 0 unspecified atom stereocenters. The Bertz CT molecular complexity index is 978. The van der Waals surface area contributed by atoms with E-state index in [2.05, 4.69) is 19.9 Å². The van der Waals surface area contributed by atoms with Crippen molar-refractivity contribution in [2.75, 3.05) is 31.2 Å². The average Bonchev–Trinajstić information content (AvgIpc) is 3.04. The number of imidazole rings is 1. The molecule has 0 saturated carbocycles. The fourth-order valence-corrected chi connectivity index (χ4v) is 3.53. The van der Waals surface area contributed by atoms with E-state index in [4.69, 9.17) is 9.72 Å². The summed E-state index contributed by atoms with van der Waals surface area (Å²) in [5.74, 6) is 1.90. The summed E-state index contributed by atoms with van der Waals surface area (Å²) in [6, 6.07) is 3.79. The van der Waals surface area contributed by atoms with Gasteiger partial charge in [0.1, 0.15) is 11.6 Å². The van der Waals surface area contributed by atoms with Gasteiger partial charge in [0.05, 0.1) is 43.8 Å². The zero-order chi connectivity index (χ0) is 20.2. The van der Waals surface area contributed by atoms with Gasteiger partial charge in [-0.2, -0.15) is 0 Å². The predicted octanol–water partition coefficient (Wildman–Crippen LogP) is 2.00. The van der Waals surface area contributed by atoms with Crippen LogP contribution in [0.1, 0.15) is 17.2 Å². The van der Waals surface area contributed by atoms with Crippen LogP contribution in [0.15, 0.2) is 36.9 Å². The summed E-state index contributed by atoms with van der Waals surface area (Å²) in [5, 5.41) is 0. The van der Waals surface area contributed by atoms with Crippen molar-refractivity contribution in [1.82, 2.24) is 24.5 Å². The molecule has 0 N–H and O–H groups in total. The second-order valence-electron chi connectivity index (χ2n) is 7.10. The molecule has 1 fully saturated rings. The highest BCUT2D eigenvalue weighted by atomic mass is 16.5. The van der Waals surface area contributed by atoms with E-state index >= 15 is 0 Å². The summed E-state index contributed by atoms with van der Waals surface area (Å²) < 4.78 is 7.41. The van der Waals surface area contributed by atoms with Gasteiger partial charge in [-0.15, -0.1) is 0 Å². The fraction of sp³-hybridized carbons (Fsp3) is 0.381. The van der Waals surface area contributed by atoms with Crippen molar-refractivity contribution in [3.8, 4) is 11.3 Å². The molecule has 3 aromatic heterocycles. The van der Waals surface area contributed by atoms with E-state index in [-0.39, 0.29) is 12.2 Å². The van der Waals surface area contributed by atoms with Crippen molar-refractivity contribution in [3.05, 3.63) is 54.1 Å². The lowest BCUT2D eigenvalue weighted by molar-refractivity contribution is -0.119. The molecule has 0 bridgehead atoms. The second-order valence-corrected chi connectivity index (χ2v) is 7.10. The lowest BCUT2D eigenvalue weighted by atomic mass is 10.1. The summed E-state index contributed by atoms with van der Waals surface area (Å²) >= 11 is 0. The molecule has 1 aliphatic heterocycles. The topological polar surface area (TPSA) is 86.0 Å². The SMILES string of the molecule is Cc1nc(N2CCOCC2)c(C)n1CC(=O)Cc1ccc(-c2cnccn2)cn1. The highest BCUT2D eigenvalue weighted by molar-refractivity contribution is 5.80. The van der Waals surface area contributed by atoms with Crippen molar-refractivity contribution in [2.45, 2.75) is 26.8 Å². The van der Waals surface area contributed by atoms with Crippen LogP contribution in [-0.4, -0.2) is 56.6 Å². The van der Waals surface area contributed by atoms with Crippen LogP contribution in [0.2, 0.25) is 0 Å². The Morgan fingerprint density at radius 2 is 1.93 bits per heavy atom. The minimum atomic E-state index is 0.0990. The third-order valence-electron chi connectivity index (χ3n) is 5.09. The number of hydrogen-bond acceptors (Lipinski definition) is 7. The molecule has 8 nitrogen and oxygen atoms in total. The van der Waals surface area contributed by atoms with Crippen LogP contribution in [0.5, 0.6) is 0 Å². The van der Waals surface area contributed by atoms with Gasteiger partial charge < -0.3 is 14.2 Å². The Morgan fingerprint density at radius 3 is 2.62 bits per heavy atom. The van der Waals surface area contributed by atoms with Gasteiger partial charge in [0, 0.05) is 42.9 Å². The van der Waals surface area contributed by atoms with Gasteiger partial charge >= 0.3 is 0 Å². The van der Waals surface area contributed by atoms with E-state index < -0.39 is 0 Å². The van der Waals surface area contributed by atoms with Gasteiger partial charge in [-0.3, -0.25) is 19.7 Å². The fourth-order valence-electron chi connectivity index (χ4n) is 3.53. The van der Waals surface area contributed by atoms with Gasteiger partial charge in [-0.25, -0.2) is 4.98 Å². The molecule has 3 aromatic rings. The molecule has 0 aromatic carbocycles. The number of aromatic nitrogens is 5. The number of Topliss-reactive ketones (excluding diaryl/α,β-unsaturated/α-hetero) is 1. The van der Waals surface area contributed by atoms with Crippen LogP contribution in [0.4, 0.5) is 5.82 Å². The van der Waals surface area contributed by atoms with E-state index in [0.29, 0.717) is 19.8 Å². The van der Waals surface area contributed by atoms with Crippen molar-refractivity contribution in [3.63, 3.8) is 0 Å². The first-order chi connectivity index (χ1) is 14.1. The molecular weight excluding hydrogens is 368 g/mol. The maximum Gasteiger partial charge on any atom is 0.158 e. The van der Waals surface area contributed by atoms with E-state index in [1.807, 2.05) is 30.5 Å². The number of pyridine rings is 1. The molecule has 150 valence electrons. The van der Waals surface area contributed by atoms with Crippen LogP contribution in [0, 0.1) is 13.8 Å². The van der Waals surface area contributed by atoms with Gasteiger partial charge in [-0.05, 0) is 26.0 Å².